The molecule has 3 aromatic rings. The van der Waals surface area contributed by atoms with Gasteiger partial charge in [0.1, 0.15) is 5.82 Å². The van der Waals surface area contributed by atoms with Gasteiger partial charge in [-0.05, 0) is 17.7 Å². The number of benzene rings is 2. The molecule has 128 valence electrons. The first-order valence-electron chi connectivity index (χ1n) is 8.35. The van der Waals surface area contributed by atoms with Crippen LogP contribution in [0.4, 0.5) is 5.69 Å². The van der Waals surface area contributed by atoms with Crippen LogP contribution in [0.5, 0.6) is 0 Å². The number of rotatable bonds is 4. The van der Waals surface area contributed by atoms with Gasteiger partial charge in [0.25, 0.3) is 0 Å². The zero-order chi connectivity index (χ0) is 17.1. The minimum atomic E-state index is 0.0375. The van der Waals surface area contributed by atoms with Crippen molar-refractivity contribution < 1.29 is 9.84 Å². The summed E-state index contributed by atoms with van der Waals surface area (Å²) in [5.74, 6) is 1.52. The van der Waals surface area contributed by atoms with Crippen LogP contribution in [0.25, 0.3) is 11.4 Å². The molecule has 0 bridgehead atoms. The van der Waals surface area contributed by atoms with Gasteiger partial charge in [0.05, 0.1) is 26.4 Å². The van der Waals surface area contributed by atoms with E-state index in [9.17, 15) is 5.11 Å². The van der Waals surface area contributed by atoms with Crippen LogP contribution in [0.3, 0.4) is 0 Å². The molecule has 25 heavy (non-hydrogen) atoms. The summed E-state index contributed by atoms with van der Waals surface area (Å²) in [6.45, 7) is 2.67. The van der Waals surface area contributed by atoms with Crippen LogP contribution in [-0.2, 0) is 24.5 Å². The number of hydrogen-bond donors (Lipinski definition) is 2. The molecular weight excluding hydrogens is 316 g/mol. The van der Waals surface area contributed by atoms with Gasteiger partial charge in [0.15, 0.2) is 5.82 Å². The Balaban J connectivity index is 1.58. The van der Waals surface area contributed by atoms with E-state index in [-0.39, 0.29) is 6.61 Å². The molecule has 0 saturated carbocycles. The third-order valence-electron chi connectivity index (χ3n) is 4.33. The number of fused-ring (bicyclic) bond motifs is 1. The lowest BCUT2D eigenvalue weighted by Gasteiger charge is -2.23. The number of aliphatic hydroxyl groups is 1. The first kappa shape index (κ1) is 15.8. The standard InChI is InChI=1S/C19H20N4O2/c24-12-14-6-7-17-16(10-14)13-25-9-8-23(17)11-18-20-19(22-21-18)15-4-2-1-3-5-15/h1-7,10,24H,8-9,11-13H2,(H,20,21,22). The van der Waals surface area contributed by atoms with Gasteiger partial charge < -0.3 is 14.7 Å². The Kier molecular flexibility index (Phi) is 4.45. The molecule has 4 rings (SSSR count). The highest BCUT2D eigenvalue weighted by Gasteiger charge is 2.18. The van der Waals surface area contributed by atoms with E-state index in [2.05, 4.69) is 20.1 Å². The lowest BCUT2D eigenvalue weighted by atomic mass is 10.1. The van der Waals surface area contributed by atoms with Gasteiger partial charge in [0.2, 0.25) is 0 Å². The number of nitrogens with zero attached hydrogens (tertiary/aromatic N) is 3. The lowest BCUT2D eigenvalue weighted by Crippen LogP contribution is -2.26. The average Bonchev–Trinajstić information content (AvgIpc) is 3.04. The van der Waals surface area contributed by atoms with E-state index >= 15 is 0 Å². The van der Waals surface area contributed by atoms with Crippen LogP contribution in [0.1, 0.15) is 17.0 Å². The van der Waals surface area contributed by atoms with Gasteiger partial charge in [-0.3, -0.25) is 5.10 Å². The lowest BCUT2D eigenvalue weighted by molar-refractivity contribution is 0.132. The van der Waals surface area contributed by atoms with Gasteiger partial charge in [-0.15, -0.1) is 0 Å². The topological polar surface area (TPSA) is 74.3 Å². The molecule has 0 saturated heterocycles. The molecule has 6 heteroatoms. The van der Waals surface area contributed by atoms with Crippen molar-refractivity contribution in [2.24, 2.45) is 0 Å². The number of nitrogens with one attached hydrogen (secondary N) is 1. The molecule has 0 fully saturated rings. The second kappa shape index (κ2) is 7.04. The number of aliphatic hydroxyl groups excluding tert-OH is 1. The van der Waals surface area contributed by atoms with Crippen molar-refractivity contribution in [1.29, 1.82) is 0 Å². The molecule has 1 aliphatic rings. The first-order valence-corrected chi connectivity index (χ1v) is 8.35. The van der Waals surface area contributed by atoms with E-state index in [1.807, 2.05) is 48.5 Å². The Morgan fingerprint density at radius 3 is 2.88 bits per heavy atom. The maximum absolute atomic E-state index is 9.34. The summed E-state index contributed by atoms with van der Waals surface area (Å²) in [6.07, 6.45) is 0. The summed E-state index contributed by atoms with van der Waals surface area (Å²) in [4.78, 5) is 6.86. The predicted molar refractivity (Wildman–Crippen MR) is 94.9 cm³/mol. The number of anilines is 1. The minimum absolute atomic E-state index is 0.0375. The van der Waals surface area contributed by atoms with Crippen molar-refractivity contribution in [3.63, 3.8) is 0 Å². The van der Waals surface area contributed by atoms with E-state index in [1.165, 1.54) is 0 Å². The van der Waals surface area contributed by atoms with Crippen LogP contribution < -0.4 is 4.90 Å². The molecule has 1 aliphatic heterocycles. The fourth-order valence-electron chi connectivity index (χ4n) is 3.07. The van der Waals surface area contributed by atoms with Crippen molar-refractivity contribution in [3.8, 4) is 11.4 Å². The molecule has 0 unspecified atom stereocenters. The van der Waals surface area contributed by atoms with Gasteiger partial charge in [-0.1, -0.05) is 36.4 Å². The first-order chi connectivity index (χ1) is 12.3. The van der Waals surface area contributed by atoms with Gasteiger partial charge in [-0.2, -0.15) is 5.10 Å². The zero-order valence-electron chi connectivity index (χ0n) is 13.9. The molecule has 1 aromatic heterocycles. The van der Waals surface area contributed by atoms with Gasteiger partial charge >= 0.3 is 0 Å². The Bertz CT molecular complexity index is 848. The van der Waals surface area contributed by atoms with Gasteiger partial charge in [-0.25, -0.2) is 4.98 Å². The molecular formula is C19H20N4O2. The molecule has 2 heterocycles. The van der Waals surface area contributed by atoms with Crippen LogP contribution in [0.2, 0.25) is 0 Å². The van der Waals surface area contributed by atoms with Crippen LogP contribution in [0, 0.1) is 0 Å². The average molecular weight is 336 g/mol. The largest absolute Gasteiger partial charge is 0.392 e. The van der Waals surface area contributed by atoms with Crippen molar-refractivity contribution in [2.45, 2.75) is 19.8 Å². The Morgan fingerprint density at radius 1 is 1.16 bits per heavy atom. The Hall–Kier alpha value is -2.70. The van der Waals surface area contributed by atoms with Crippen molar-refractivity contribution >= 4 is 5.69 Å². The number of aromatic nitrogens is 3. The monoisotopic (exact) mass is 336 g/mol. The zero-order valence-corrected chi connectivity index (χ0v) is 13.9. The SMILES string of the molecule is OCc1ccc2c(c1)COCCN2Cc1nc(-c2ccccc2)n[nH]1. The molecule has 0 amide bonds. The number of H-pyrrole nitrogens is 1. The summed E-state index contributed by atoms with van der Waals surface area (Å²) >= 11 is 0. The normalized spacial score (nSPS) is 14.2. The van der Waals surface area contributed by atoms with Crippen molar-refractivity contribution in [3.05, 3.63) is 65.5 Å². The molecule has 2 N–H and O–H groups in total. The van der Waals surface area contributed by atoms with Crippen molar-refractivity contribution in [1.82, 2.24) is 15.2 Å². The molecule has 0 radical (unpaired) electrons. The highest BCUT2D eigenvalue weighted by molar-refractivity contribution is 5.56. The van der Waals surface area contributed by atoms with Crippen LogP contribution in [-0.4, -0.2) is 33.4 Å². The quantitative estimate of drug-likeness (QED) is 0.766. The summed E-state index contributed by atoms with van der Waals surface area (Å²) < 4.78 is 5.69. The highest BCUT2D eigenvalue weighted by Crippen LogP contribution is 2.26. The minimum Gasteiger partial charge on any atom is -0.392 e. The van der Waals surface area contributed by atoms with Gasteiger partial charge in [0, 0.05) is 23.4 Å². The smallest absolute Gasteiger partial charge is 0.181 e. The molecule has 6 nitrogen and oxygen atoms in total. The summed E-state index contributed by atoms with van der Waals surface area (Å²) in [5, 5.41) is 16.7. The summed E-state index contributed by atoms with van der Waals surface area (Å²) in [6, 6.07) is 15.9. The second-order valence-corrected chi connectivity index (χ2v) is 6.07. The Labute approximate surface area is 146 Å². The molecule has 0 spiro atoms. The van der Waals surface area contributed by atoms with E-state index in [1.54, 1.807) is 0 Å². The molecule has 0 aliphatic carbocycles. The third kappa shape index (κ3) is 3.40. The number of aromatic amines is 1. The highest BCUT2D eigenvalue weighted by atomic mass is 16.5. The number of ether oxygens (including phenoxy) is 1. The fourth-order valence-corrected chi connectivity index (χ4v) is 3.07. The van der Waals surface area contributed by atoms with E-state index in [0.29, 0.717) is 25.6 Å². The fraction of sp³-hybridized carbons (Fsp3) is 0.263. The predicted octanol–water partition coefficient (Wildman–Crippen LogP) is 2.50. The third-order valence-corrected chi connectivity index (χ3v) is 4.33. The number of hydrogen-bond acceptors (Lipinski definition) is 5. The summed E-state index contributed by atoms with van der Waals surface area (Å²) in [5.41, 5.74) is 4.10. The van der Waals surface area contributed by atoms with Crippen molar-refractivity contribution in [2.75, 3.05) is 18.1 Å². The van der Waals surface area contributed by atoms with E-state index in [0.717, 1.165) is 34.7 Å². The maximum atomic E-state index is 9.34. The van der Waals surface area contributed by atoms with E-state index < -0.39 is 0 Å². The summed E-state index contributed by atoms with van der Waals surface area (Å²) in [7, 11) is 0. The maximum Gasteiger partial charge on any atom is 0.181 e. The molecule has 0 atom stereocenters. The van der Waals surface area contributed by atoms with Crippen LogP contribution >= 0.6 is 0 Å². The Morgan fingerprint density at radius 2 is 2.04 bits per heavy atom. The molecule has 2 aromatic carbocycles. The van der Waals surface area contributed by atoms with Crippen LogP contribution in [0.15, 0.2) is 48.5 Å². The van der Waals surface area contributed by atoms with E-state index in [4.69, 9.17) is 4.74 Å². The second-order valence-electron chi connectivity index (χ2n) is 6.07.